The van der Waals surface area contributed by atoms with Gasteiger partial charge in [0.25, 0.3) is 5.91 Å². The van der Waals surface area contributed by atoms with E-state index in [1.165, 1.54) is 7.11 Å². The number of ether oxygens (including phenoxy) is 1. The van der Waals surface area contributed by atoms with E-state index in [-0.39, 0.29) is 29.0 Å². The molecular formula is C20H19NO3. The van der Waals surface area contributed by atoms with Crippen LogP contribution in [0.3, 0.4) is 0 Å². The summed E-state index contributed by atoms with van der Waals surface area (Å²) in [7, 11) is 1.45. The van der Waals surface area contributed by atoms with E-state index >= 15 is 0 Å². The summed E-state index contributed by atoms with van der Waals surface area (Å²) < 4.78 is 5.05. The lowest BCUT2D eigenvalue weighted by Gasteiger charge is -2.17. The van der Waals surface area contributed by atoms with E-state index in [1.54, 1.807) is 18.2 Å². The number of hydrogen-bond acceptors (Lipinski definition) is 3. The number of fused-ring (bicyclic) bond motifs is 1. The van der Waals surface area contributed by atoms with Crippen LogP contribution in [-0.2, 0) is 0 Å². The van der Waals surface area contributed by atoms with Crippen LogP contribution >= 0.6 is 0 Å². The lowest BCUT2D eigenvalue weighted by molar-refractivity contribution is 0.0937. The third-order valence-corrected chi connectivity index (χ3v) is 4.10. The topological polar surface area (TPSA) is 58.6 Å². The Morgan fingerprint density at radius 3 is 2.54 bits per heavy atom. The van der Waals surface area contributed by atoms with Crippen molar-refractivity contribution in [2.75, 3.05) is 7.11 Å². The fraction of sp³-hybridized carbons (Fsp3) is 0.150. The number of phenols is 1. The Hall–Kier alpha value is -3.01. The third kappa shape index (κ3) is 2.91. The molecule has 0 bridgehead atoms. The van der Waals surface area contributed by atoms with Gasteiger partial charge in [-0.05, 0) is 35.4 Å². The second kappa shape index (κ2) is 6.62. The van der Waals surface area contributed by atoms with Crippen LogP contribution < -0.4 is 10.1 Å². The van der Waals surface area contributed by atoms with Crippen molar-refractivity contribution in [3.05, 3.63) is 71.8 Å². The van der Waals surface area contributed by atoms with Crippen molar-refractivity contribution in [1.29, 1.82) is 0 Å². The maximum Gasteiger partial charge on any atom is 0.255 e. The van der Waals surface area contributed by atoms with Gasteiger partial charge in [0, 0.05) is 0 Å². The van der Waals surface area contributed by atoms with Gasteiger partial charge in [0.15, 0.2) is 11.5 Å². The number of aromatic hydroxyl groups is 1. The van der Waals surface area contributed by atoms with Gasteiger partial charge in [-0.15, -0.1) is 0 Å². The molecule has 0 aliphatic heterocycles. The van der Waals surface area contributed by atoms with Gasteiger partial charge in [0.05, 0.1) is 18.7 Å². The molecule has 1 unspecified atom stereocenters. The lowest BCUT2D eigenvalue weighted by atomic mass is 9.99. The maximum atomic E-state index is 12.5. The fourth-order valence-electron chi connectivity index (χ4n) is 2.85. The van der Waals surface area contributed by atoms with E-state index in [4.69, 9.17) is 4.74 Å². The summed E-state index contributed by atoms with van der Waals surface area (Å²) in [5.41, 5.74) is 1.23. The Labute approximate surface area is 140 Å². The van der Waals surface area contributed by atoms with Crippen molar-refractivity contribution in [3.63, 3.8) is 0 Å². The van der Waals surface area contributed by atoms with Gasteiger partial charge in [-0.3, -0.25) is 4.79 Å². The molecule has 1 amide bonds. The standard InChI is InChI=1S/C20H19NO3/c1-13(15-10-5-8-14-7-3-4-9-16(14)15)21-20(23)17-11-6-12-18(24-2)19(17)22/h3-13,22H,1-2H3,(H,21,23). The van der Waals surface area contributed by atoms with Crippen LogP contribution in [-0.4, -0.2) is 18.1 Å². The van der Waals surface area contributed by atoms with Crippen LogP contribution in [0.25, 0.3) is 10.8 Å². The van der Waals surface area contributed by atoms with Gasteiger partial charge < -0.3 is 15.2 Å². The first-order valence-corrected chi connectivity index (χ1v) is 7.76. The molecule has 0 heterocycles. The first kappa shape index (κ1) is 15.9. The van der Waals surface area contributed by atoms with Crippen LogP contribution in [0.1, 0.15) is 28.9 Å². The average molecular weight is 321 g/mol. The predicted molar refractivity (Wildman–Crippen MR) is 94.5 cm³/mol. The van der Waals surface area contributed by atoms with Crippen LogP contribution in [0.4, 0.5) is 0 Å². The molecule has 1 atom stereocenters. The van der Waals surface area contributed by atoms with Gasteiger partial charge in [-0.1, -0.05) is 48.5 Å². The van der Waals surface area contributed by atoms with Crippen molar-refractivity contribution in [2.24, 2.45) is 0 Å². The number of amides is 1. The largest absolute Gasteiger partial charge is 0.504 e. The summed E-state index contributed by atoms with van der Waals surface area (Å²) in [6, 6.07) is 18.7. The Morgan fingerprint density at radius 1 is 1.04 bits per heavy atom. The summed E-state index contributed by atoms with van der Waals surface area (Å²) in [6.45, 7) is 1.93. The van der Waals surface area contributed by atoms with Crippen LogP contribution in [0.5, 0.6) is 11.5 Å². The molecule has 0 aliphatic carbocycles. The fourth-order valence-corrected chi connectivity index (χ4v) is 2.85. The van der Waals surface area contributed by atoms with E-state index < -0.39 is 0 Å². The number of rotatable bonds is 4. The number of hydrogen-bond donors (Lipinski definition) is 2. The molecule has 4 heteroatoms. The van der Waals surface area contributed by atoms with Crippen molar-refractivity contribution in [2.45, 2.75) is 13.0 Å². The number of para-hydroxylation sites is 1. The highest BCUT2D eigenvalue weighted by Crippen LogP contribution is 2.30. The minimum absolute atomic E-state index is 0.150. The number of nitrogens with one attached hydrogen (secondary N) is 1. The summed E-state index contributed by atoms with van der Waals surface area (Å²) in [5.74, 6) is -0.213. The van der Waals surface area contributed by atoms with E-state index in [0.29, 0.717) is 0 Å². The number of carbonyl (C=O) groups excluding carboxylic acids is 1. The van der Waals surface area contributed by atoms with Crippen LogP contribution in [0.15, 0.2) is 60.7 Å². The average Bonchev–Trinajstić information content (AvgIpc) is 2.61. The van der Waals surface area contributed by atoms with E-state index in [2.05, 4.69) is 5.32 Å². The minimum atomic E-state index is -0.341. The lowest BCUT2D eigenvalue weighted by Crippen LogP contribution is -2.26. The smallest absolute Gasteiger partial charge is 0.255 e. The highest BCUT2D eigenvalue weighted by Gasteiger charge is 2.18. The van der Waals surface area contributed by atoms with E-state index in [0.717, 1.165) is 16.3 Å². The molecule has 3 rings (SSSR count). The highest BCUT2D eigenvalue weighted by atomic mass is 16.5. The first-order chi connectivity index (χ1) is 11.6. The number of methoxy groups -OCH3 is 1. The van der Waals surface area contributed by atoms with Crippen LogP contribution in [0, 0.1) is 0 Å². The predicted octanol–water partition coefficient (Wildman–Crippen LogP) is 4.05. The van der Waals surface area contributed by atoms with Gasteiger partial charge in [-0.25, -0.2) is 0 Å². The second-order valence-corrected chi connectivity index (χ2v) is 5.62. The number of phenolic OH excluding ortho intramolecular Hbond substituents is 1. The molecule has 4 nitrogen and oxygen atoms in total. The molecule has 0 aromatic heterocycles. The van der Waals surface area contributed by atoms with Gasteiger partial charge in [0.2, 0.25) is 0 Å². The summed E-state index contributed by atoms with van der Waals surface area (Å²) in [5, 5.41) is 15.3. The maximum absolute atomic E-state index is 12.5. The molecule has 3 aromatic rings. The number of benzene rings is 3. The Kier molecular flexibility index (Phi) is 4.38. The van der Waals surface area contributed by atoms with E-state index in [1.807, 2.05) is 49.4 Å². The summed E-state index contributed by atoms with van der Waals surface area (Å²) >= 11 is 0. The normalized spacial score (nSPS) is 11.9. The zero-order chi connectivity index (χ0) is 17.1. The molecule has 0 aliphatic rings. The number of carbonyl (C=O) groups is 1. The minimum Gasteiger partial charge on any atom is -0.504 e. The van der Waals surface area contributed by atoms with Gasteiger partial charge >= 0.3 is 0 Å². The van der Waals surface area contributed by atoms with Crippen molar-refractivity contribution < 1.29 is 14.6 Å². The zero-order valence-electron chi connectivity index (χ0n) is 13.6. The molecule has 122 valence electrons. The highest BCUT2D eigenvalue weighted by molar-refractivity contribution is 5.98. The Morgan fingerprint density at radius 2 is 1.75 bits per heavy atom. The SMILES string of the molecule is COc1cccc(C(=O)NC(C)c2cccc3ccccc23)c1O. The quantitative estimate of drug-likeness (QED) is 0.762. The zero-order valence-corrected chi connectivity index (χ0v) is 13.6. The third-order valence-electron chi connectivity index (χ3n) is 4.10. The molecule has 0 saturated heterocycles. The molecule has 0 radical (unpaired) electrons. The van der Waals surface area contributed by atoms with Crippen molar-refractivity contribution in [1.82, 2.24) is 5.32 Å². The molecule has 24 heavy (non-hydrogen) atoms. The van der Waals surface area contributed by atoms with Crippen LogP contribution in [0.2, 0.25) is 0 Å². The molecular weight excluding hydrogens is 302 g/mol. The molecule has 3 aromatic carbocycles. The Balaban J connectivity index is 1.89. The van der Waals surface area contributed by atoms with Crippen molar-refractivity contribution in [3.8, 4) is 11.5 Å². The molecule has 0 saturated carbocycles. The second-order valence-electron chi connectivity index (χ2n) is 5.62. The molecule has 0 spiro atoms. The van der Waals surface area contributed by atoms with Gasteiger partial charge in [-0.2, -0.15) is 0 Å². The van der Waals surface area contributed by atoms with Crippen molar-refractivity contribution >= 4 is 16.7 Å². The first-order valence-electron chi connectivity index (χ1n) is 7.76. The Bertz CT molecular complexity index is 884. The summed E-state index contributed by atoms with van der Waals surface area (Å²) in [4.78, 5) is 12.5. The molecule has 2 N–H and O–H groups in total. The monoisotopic (exact) mass is 321 g/mol. The molecule has 0 fully saturated rings. The summed E-state index contributed by atoms with van der Waals surface area (Å²) in [6.07, 6.45) is 0. The van der Waals surface area contributed by atoms with E-state index in [9.17, 15) is 9.90 Å². The van der Waals surface area contributed by atoms with Gasteiger partial charge in [0.1, 0.15) is 0 Å².